The van der Waals surface area contributed by atoms with Crippen LogP contribution in [0, 0.1) is 6.92 Å². The standard InChI is InChI=1S/C20H22N2O3/c1-15-7-9-16(10-8-15)19(24)21-11-4-12-22(14-13-21)20(25)17-5-2-3-6-18(17)23/h2-3,5-10,23H,4,11-14H2,1H3. The topological polar surface area (TPSA) is 60.9 Å². The zero-order valence-corrected chi connectivity index (χ0v) is 14.3. The zero-order chi connectivity index (χ0) is 17.8. The van der Waals surface area contributed by atoms with E-state index < -0.39 is 0 Å². The predicted octanol–water partition coefficient (Wildman–Crippen LogP) is 2.69. The monoisotopic (exact) mass is 338 g/mol. The van der Waals surface area contributed by atoms with Crippen molar-refractivity contribution in [1.82, 2.24) is 9.80 Å². The van der Waals surface area contributed by atoms with E-state index in [9.17, 15) is 14.7 Å². The van der Waals surface area contributed by atoms with Crippen LogP contribution in [-0.2, 0) is 0 Å². The number of hydrogen-bond acceptors (Lipinski definition) is 3. The molecule has 0 atom stereocenters. The average molecular weight is 338 g/mol. The van der Waals surface area contributed by atoms with Crippen LogP contribution >= 0.6 is 0 Å². The van der Waals surface area contributed by atoms with Crippen LogP contribution < -0.4 is 0 Å². The molecule has 1 saturated heterocycles. The van der Waals surface area contributed by atoms with Crippen molar-refractivity contribution >= 4 is 11.8 Å². The van der Waals surface area contributed by atoms with Crippen molar-refractivity contribution in [3.05, 3.63) is 65.2 Å². The van der Waals surface area contributed by atoms with Crippen molar-refractivity contribution in [2.24, 2.45) is 0 Å². The molecule has 0 aliphatic carbocycles. The second-order valence-electron chi connectivity index (χ2n) is 6.32. The van der Waals surface area contributed by atoms with Gasteiger partial charge in [-0.15, -0.1) is 0 Å². The first-order valence-electron chi connectivity index (χ1n) is 8.49. The van der Waals surface area contributed by atoms with Crippen LogP contribution in [0.5, 0.6) is 5.75 Å². The van der Waals surface area contributed by atoms with E-state index in [2.05, 4.69) is 0 Å². The van der Waals surface area contributed by atoms with Crippen molar-refractivity contribution in [1.29, 1.82) is 0 Å². The fourth-order valence-electron chi connectivity index (χ4n) is 3.03. The summed E-state index contributed by atoms with van der Waals surface area (Å²) in [5.74, 6) is -0.205. The van der Waals surface area contributed by atoms with Crippen LogP contribution in [0.3, 0.4) is 0 Å². The molecule has 0 spiro atoms. The van der Waals surface area contributed by atoms with Crippen molar-refractivity contribution in [3.8, 4) is 5.75 Å². The molecule has 1 aliphatic rings. The van der Waals surface area contributed by atoms with Gasteiger partial charge in [0.15, 0.2) is 0 Å². The quantitative estimate of drug-likeness (QED) is 0.916. The van der Waals surface area contributed by atoms with E-state index in [4.69, 9.17) is 0 Å². The summed E-state index contributed by atoms with van der Waals surface area (Å²) in [6, 6.07) is 14.1. The Balaban J connectivity index is 1.68. The minimum atomic E-state index is -0.192. The molecule has 5 heteroatoms. The Morgan fingerprint density at radius 2 is 1.44 bits per heavy atom. The molecule has 1 fully saturated rings. The maximum atomic E-state index is 12.6. The van der Waals surface area contributed by atoms with Crippen molar-refractivity contribution < 1.29 is 14.7 Å². The van der Waals surface area contributed by atoms with E-state index in [1.807, 2.05) is 31.2 Å². The van der Waals surface area contributed by atoms with E-state index in [-0.39, 0.29) is 17.6 Å². The molecular formula is C20H22N2O3. The third kappa shape index (κ3) is 3.82. The first-order valence-corrected chi connectivity index (χ1v) is 8.49. The van der Waals surface area contributed by atoms with Gasteiger partial charge < -0.3 is 14.9 Å². The summed E-state index contributed by atoms with van der Waals surface area (Å²) in [5, 5.41) is 9.88. The molecule has 0 bridgehead atoms. The second-order valence-corrected chi connectivity index (χ2v) is 6.32. The maximum absolute atomic E-state index is 12.6. The third-order valence-corrected chi connectivity index (χ3v) is 4.50. The Bertz CT molecular complexity index is 771. The van der Waals surface area contributed by atoms with Gasteiger partial charge >= 0.3 is 0 Å². The zero-order valence-electron chi connectivity index (χ0n) is 14.3. The van der Waals surface area contributed by atoms with E-state index in [1.165, 1.54) is 6.07 Å². The third-order valence-electron chi connectivity index (χ3n) is 4.50. The van der Waals surface area contributed by atoms with Gasteiger partial charge in [0.2, 0.25) is 0 Å². The first-order chi connectivity index (χ1) is 12.1. The molecule has 0 aromatic heterocycles. The molecule has 1 N–H and O–H groups in total. The van der Waals surface area contributed by atoms with Gasteiger partial charge in [0.25, 0.3) is 11.8 Å². The number of aryl methyl sites for hydroxylation is 1. The average Bonchev–Trinajstić information content (AvgIpc) is 2.88. The van der Waals surface area contributed by atoms with E-state index in [1.54, 1.807) is 28.0 Å². The number of para-hydroxylation sites is 1. The van der Waals surface area contributed by atoms with Crippen LogP contribution in [0.1, 0.15) is 32.7 Å². The van der Waals surface area contributed by atoms with Gasteiger partial charge in [-0.05, 0) is 37.6 Å². The maximum Gasteiger partial charge on any atom is 0.257 e. The summed E-state index contributed by atoms with van der Waals surface area (Å²) < 4.78 is 0. The highest BCUT2D eigenvalue weighted by molar-refractivity contribution is 5.97. The summed E-state index contributed by atoms with van der Waals surface area (Å²) in [6.45, 7) is 4.14. The highest BCUT2D eigenvalue weighted by atomic mass is 16.3. The lowest BCUT2D eigenvalue weighted by Gasteiger charge is -2.22. The number of nitrogens with zero attached hydrogens (tertiary/aromatic N) is 2. The lowest BCUT2D eigenvalue weighted by atomic mass is 10.1. The molecule has 0 unspecified atom stereocenters. The first kappa shape index (κ1) is 17.0. The summed E-state index contributed by atoms with van der Waals surface area (Å²) in [5.41, 5.74) is 2.10. The molecule has 5 nitrogen and oxygen atoms in total. The molecule has 2 amide bonds. The number of hydrogen-bond donors (Lipinski definition) is 1. The lowest BCUT2D eigenvalue weighted by Crippen LogP contribution is -2.37. The summed E-state index contributed by atoms with van der Waals surface area (Å²) in [4.78, 5) is 28.8. The number of phenols is 1. The second kappa shape index (κ2) is 7.38. The van der Waals surface area contributed by atoms with E-state index >= 15 is 0 Å². The molecule has 1 aliphatic heterocycles. The van der Waals surface area contributed by atoms with Crippen molar-refractivity contribution in [3.63, 3.8) is 0 Å². The molecule has 1 heterocycles. The minimum absolute atomic E-state index is 0.00291. The van der Waals surface area contributed by atoms with Crippen LogP contribution in [0.15, 0.2) is 48.5 Å². The van der Waals surface area contributed by atoms with Gasteiger partial charge in [-0.25, -0.2) is 0 Å². The molecule has 0 radical (unpaired) electrons. The van der Waals surface area contributed by atoms with Crippen LogP contribution in [0.25, 0.3) is 0 Å². The minimum Gasteiger partial charge on any atom is -0.507 e. The summed E-state index contributed by atoms with van der Waals surface area (Å²) in [6.07, 6.45) is 0.719. The number of rotatable bonds is 2. The number of phenolic OH excluding ortho intramolecular Hbond substituents is 1. The normalized spacial score (nSPS) is 14.9. The predicted molar refractivity (Wildman–Crippen MR) is 95.7 cm³/mol. The van der Waals surface area contributed by atoms with E-state index in [0.29, 0.717) is 37.3 Å². The Hall–Kier alpha value is -2.82. The molecule has 3 rings (SSSR count). The van der Waals surface area contributed by atoms with Gasteiger partial charge in [-0.2, -0.15) is 0 Å². The Kier molecular flexibility index (Phi) is 5.03. The Morgan fingerprint density at radius 1 is 0.840 bits per heavy atom. The molecule has 25 heavy (non-hydrogen) atoms. The van der Waals surface area contributed by atoms with Crippen LogP contribution in [-0.4, -0.2) is 52.9 Å². The van der Waals surface area contributed by atoms with Crippen molar-refractivity contribution in [2.45, 2.75) is 13.3 Å². The summed E-state index contributed by atoms with van der Waals surface area (Å²) in [7, 11) is 0. The molecule has 130 valence electrons. The number of aromatic hydroxyl groups is 1. The number of carbonyl (C=O) groups is 2. The number of amides is 2. The smallest absolute Gasteiger partial charge is 0.257 e. The fourth-order valence-corrected chi connectivity index (χ4v) is 3.03. The molecular weight excluding hydrogens is 316 g/mol. The molecule has 2 aromatic carbocycles. The highest BCUT2D eigenvalue weighted by Crippen LogP contribution is 2.19. The van der Waals surface area contributed by atoms with Gasteiger partial charge in [-0.3, -0.25) is 9.59 Å². The van der Waals surface area contributed by atoms with Gasteiger partial charge in [0.1, 0.15) is 5.75 Å². The molecule has 0 saturated carbocycles. The van der Waals surface area contributed by atoms with E-state index in [0.717, 1.165) is 12.0 Å². The Labute approximate surface area is 147 Å². The van der Waals surface area contributed by atoms with Crippen LogP contribution in [0.4, 0.5) is 0 Å². The highest BCUT2D eigenvalue weighted by Gasteiger charge is 2.24. The van der Waals surface area contributed by atoms with Crippen LogP contribution in [0.2, 0.25) is 0 Å². The summed E-state index contributed by atoms with van der Waals surface area (Å²) >= 11 is 0. The Morgan fingerprint density at radius 3 is 2.08 bits per heavy atom. The molecule has 2 aromatic rings. The SMILES string of the molecule is Cc1ccc(C(=O)N2CCCN(C(=O)c3ccccc3O)CC2)cc1. The fraction of sp³-hybridized carbons (Fsp3) is 0.300. The van der Waals surface area contributed by atoms with Gasteiger partial charge in [0, 0.05) is 31.7 Å². The van der Waals surface area contributed by atoms with Crippen molar-refractivity contribution in [2.75, 3.05) is 26.2 Å². The number of benzene rings is 2. The number of carbonyl (C=O) groups excluding carboxylic acids is 2. The van der Waals surface area contributed by atoms with Gasteiger partial charge in [-0.1, -0.05) is 29.8 Å². The lowest BCUT2D eigenvalue weighted by molar-refractivity contribution is 0.0717. The largest absolute Gasteiger partial charge is 0.507 e. The van der Waals surface area contributed by atoms with Gasteiger partial charge in [0.05, 0.1) is 5.56 Å².